The van der Waals surface area contributed by atoms with Crippen molar-refractivity contribution in [3.8, 4) is 23.7 Å². The largest absolute Gasteiger partial charge is 0.377 e. The van der Waals surface area contributed by atoms with Crippen molar-refractivity contribution in [2.45, 2.75) is 58.0 Å². The zero-order chi connectivity index (χ0) is 13.5. The maximum absolute atomic E-state index is 9.05. The molecule has 1 nitrogen and oxygen atoms in total. The molecular weight excluding hydrogens is 220 g/mol. The zero-order valence-corrected chi connectivity index (χ0v) is 11.4. The lowest BCUT2D eigenvalue weighted by molar-refractivity contribution is 0.281. The molecule has 0 radical (unpaired) electrons. The topological polar surface area (TPSA) is 20.2 Å². The van der Waals surface area contributed by atoms with Gasteiger partial charge in [0.05, 0.1) is 0 Å². The van der Waals surface area contributed by atoms with E-state index in [1.807, 2.05) is 0 Å². The van der Waals surface area contributed by atoms with Crippen LogP contribution in [-0.2, 0) is 0 Å². The minimum atomic E-state index is -0.766. The van der Waals surface area contributed by atoms with E-state index in [4.69, 9.17) is 5.11 Å². The van der Waals surface area contributed by atoms with Crippen molar-refractivity contribution in [2.75, 3.05) is 0 Å². The molecule has 0 aromatic heterocycles. The van der Waals surface area contributed by atoms with Crippen LogP contribution in [0.5, 0.6) is 0 Å². The van der Waals surface area contributed by atoms with E-state index in [-0.39, 0.29) is 0 Å². The Kier molecular flexibility index (Phi) is 12.5. The third-order valence-corrected chi connectivity index (χ3v) is 2.46. The van der Waals surface area contributed by atoms with Crippen LogP contribution in [-0.4, -0.2) is 11.2 Å². The highest BCUT2D eigenvalue weighted by Crippen LogP contribution is 2.05. The average molecular weight is 244 g/mol. The van der Waals surface area contributed by atoms with Crippen LogP contribution in [0.1, 0.15) is 51.9 Å². The fraction of sp³-hybridized carbons (Fsp3) is 0.529. The van der Waals surface area contributed by atoms with Crippen LogP contribution in [0.15, 0.2) is 24.8 Å². The molecule has 0 rings (SSSR count). The van der Waals surface area contributed by atoms with Gasteiger partial charge in [0.25, 0.3) is 0 Å². The van der Waals surface area contributed by atoms with Crippen molar-refractivity contribution < 1.29 is 5.11 Å². The smallest absolute Gasteiger partial charge is 0.134 e. The van der Waals surface area contributed by atoms with Gasteiger partial charge in [0, 0.05) is 6.42 Å². The summed E-state index contributed by atoms with van der Waals surface area (Å²) >= 11 is 0. The van der Waals surface area contributed by atoms with Gasteiger partial charge in [-0.3, -0.25) is 0 Å². The standard InChI is InChI=1S/C17H24O/c1-3-5-6-7-8-9-10-11-12-13-14-15-16-17(18)4-2/h4,10-11,17-18H,2-3,5-9,12H2,1H3/t17-/m1/s1. The number of aliphatic hydroxyl groups is 1. The van der Waals surface area contributed by atoms with Gasteiger partial charge in [-0.25, -0.2) is 0 Å². The monoisotopic (exact) mass is 244 g/mol. The Labute approximate surface area is 112 Å². The Morgan fingerprint density at radius 3 is 2.61 bits per heavy atom. The molecule has 0 spiro atoms. The Hall–Kier alpha value is -1.44. The molecule has 0 aliphatic rings. The molecular formula is C17H24O. The van der Waals surface area contributed by atoms with Gasteiger partial charge in [-0.1, -0.05) is 69.3 Å². The highest BCUT2D eigenvalue weighted by Gasteiger charge is 1.86. The quantitative estimate of drug-likeness (QED) is 0.391. The number of rotatable bonds is 8. The predicted molar refractivity (Wildman–Crippen MR) is 78.9 cm³/mol. The summed E-state index contributed by atoms with van der Waals surface area (Å²) in [7, 11) is 0. The Bertz CT molecular complexity index is 343. The lowest BCUT2D eigenvalue weighted by Crippen LogP contribution is -1.94. The molecule has 0 aliphatic carbocycles. The molecule has 0 saturated carbocycles. The fourth-order valence-corrected chi connectivity index (χ4v) is 1.39. The van der Waals surface area contributed by atoms with Crippen molar-refractivity contribution in [1.82, 2.24) is 0 Å². The second-order valence-electron chi connectivity index (χ2n) is 4.13. The average Bonchev–Trinajstić information content (AvgIpc) is 2.39. The highest BCUT2D eigenvalue weighted by atomic mass is 16.3. The van der Waals surface area contributed by atoms with Crippen LogP contribution in [0.2, 0.25) is 0 Å². The third kappa shape index (κ3) is 12.6. The summed E-state index contributed by atoms with van der Waals surface area (Å²) in [5.41, 5.74) is 0. The van der Waals surface area contributed by atoms with Gasteiger partial charge in [-0.2, -0.15) is 0 Å². The van der Waals surface area contributed by atoms with Gasteiger partial charge >= 0.3 is 0 Å². The van der Waals surface area contributed by atoms with Crippen molar-refractivity contribution in [3.05, 3.63) is 24.8 Å². The summed E-state index contributed by atoms with van der Waals surface area (Å²) in [6.07, 6.45) is 13.4. The van der Waals surface area contributed by atoms with E-state index in [0.717, 1.165) is 12.8 Å². The normalized spacial score (nSPS) is 11.2. The van der Waals surface area contributed by atoms with Crippen LogP contribution in [0, 0.1) is 23.7 Å². The van der Waals surface area contributed by atoms with Gasteiger partial charge in [0.2, 0.25) is 0 Å². The lowest BCUT2D eigenvalue weighted by Gasteiger charge is -1.95. The molecule has 1 heteroatoms. The van der Waals surface area contributed by atoms with Crippen molar-refractivity contribution in [3.63, 3.8) is 0 Å². The first kappa shape index (κ1) is 16.6. The highest BCUT2D eigenvalue weighted by molar-refractivity contribution is 5.29. The van der Waals surface area contributed by atoms with Gasteiger partial charge in [0.1, 0.15) is 6.10 Å². The number of hydrogen-bond acceptors (Lipinski definition) is 1. The van der Waals surface area contributed by atoms with Gasteiger partial charge < -0.3 is 5.11 Å². The summed E-state index contributed by atoms with van der Waals surface area (Å²) in [6.45, 7) is 5.66. The van der Waals surface area contributed by atoms with E-state index in [1.54, 1.807) is 0 Å². The van der Waals surface area contributed by atoms with Gasteiger partial charge in [-0.05, 0) is 24.7 Å². The van der Waals surface area contributed by atoms with Crippen molar-refractivity contribution in [1.29, 1.82) is 0 Å². The first-order valence-corrected chi connectivity index (χ1v) is 6.75. The maximum Gasteiger partial charge on any atom is 0.134 e. The van der Waals surface area contributed by atoms with Crippen molar-refractivity contribution >= 4 is 0 Å². The van der Waals surface area contributed by atoms with Crippen LogP contribution >= 0.6 is 0 Å². The van der Waals surface area contributed by atoms with E-state index < -0.39 is 6.10 Å². The van der Waals surface area contributed by atoms with Crippen LogP contribution < -0.4 is 0 Å². The van der Waals surface area contributed by atoms with Crippen LogP contribution in [0.4, 0.5) is 0 Å². The van der Waals surface area contributed by atoms with E-state index >= 15 is 0 Å². The fourth-order valence-electron chi connectivity index (χ4n) is 1.39. The maximum atomic E-state index is 9.05. The number of unbranched alkanes of at least 4 members (excludes halogenated alkanes) is 5. The van der Waals surface area contributed by atoms with E-state index in [1.165, 1.54) is 38.2 Å². The van der Waals surface area contributed by atoms with E-state index in [0.29, 0.717) is 0 Å². The minimum Gasteiger partial charge on any atom is -0.377 e. The molecule has 1 atom stereocenters. The van der Waals surface area contributed by atoms with Crippen LogP contribution in [0.3, 0.4) is 0 Å². The molecule has 98 valence electrons. The molecule has 1 N–H and O–H groups in total. The zero-order valence-electron chi connectivity index (χ0n) is 11.4. The molecule has 0 aromatic carbocycles. The molecule has 0 amide bonds. The van der Waals surface area contributed by atoms with Crippen LogP contribution in [0.25, 0.3) is 0 Å². The van der Waals surface area contributed by atoms with E-state index in [2.05, 4.69) is 49.3 Å². The van der Waals surface area contributed by atoms with E-state index in [9.17, 15) is 0 Å². The SMILES string of the molecule is C=C[C@@H](O)C#CC#CCC=CCCCCCCC. The summed E-state index contributed by atoms with van der Waals surface area (Å²) in [6, 6.07) is 0. The molecule has 0 heterocycles. The number of hydrogen-bond donors (Lipinski definition) is 1. The molecule has 0 aromatic rings. The third-order valence-electron chi connectivity index (χ3n) is 2.46. The van der Waals surface area contributed by atoms with Gasteiger partial charge in [0.15, 0.2) is 0 Å². The first-order valence-electron chi connectivity index (χ1n) is 6.75. The van der Waals surface area contributed by atoms with Crippen molar-refractivity contribution in [2.24, 2.45) is 0 Å². The molecule has 0 saturated heterocycles. The predicted octanol–water partition coefficient (Wildman–Crippen LogP) is 3.85. The molecule has 0 fully saturated rings. The summed E-state index contributed by atoms with van der Waals surface area (Å²) < 4.78 is 0. The Morgan fingerprint density at radius 2 is 1.89 bits per heavy atom. The summed E-state index contributed by atoms with van der Waals surface area (Å²) in [4.78, 5) is 0. The molecule has 0 unspecified atom stereocenters. The first-order chi connectivity index (χ1) is 8.81. The Balaban J connectivity index is 3.50. The Morgan fingerprint density at radius 1 is 1.11 bits per heavy atom. The molecule has 0 bridgehead atoms. The lowest BCUT2D eigenvalue weighted by atomic mass is 10.1. The minimum absolute atomic E-state index is 0.730. The molecule has 0 aliphatic heterocycles. The molecule has 18 heavy (non-hydrogen) atoms. The van der Waals surface area contributed by atoms with Gasteiger partial charge in [-0.15, -0.1) is 0 Å². The number of aliphatic hydroxyl groups excluding tert-OH is 1. The summed E-state index contributed by atoms with van der Waals surface area (Å²) in [5.74, 6) is 10.8. The number of allylic oxidation sites excluding steroid dienone is 2. The summed E-state index contributed by atoms with van der Waals surface area (Å²) in [5, 5.41) is 9.05. The second kappa shape index (κ2) is 13.6. The second-order valence-corrected chi connectivity index (χ2v) is 4.13.